The molecule has 0 bridgehead atoms. The first-order valence-electron chi connectivity index (χ1n) is 6.44. The van der Waals surface area contributed by atoms with E-state index in [-0.39, 0.29) is 0 Å². The third-order valence-corrected chi connectivity index (χ3v) is 3.54. The number of nitrogens with two attached hydrogens (primary N) is 1. The molecule has 4 nitrogen and oxygen atoms in total. The topological polar surface area (TPSA) is 56.7 Å². The summed E-state index contributed by atoms with van der Waals surface area (Å²) < 4.78 is 1.91. The van der Waals surface area contributed by atoms with Crippen molar-refractivity contribution >= 4 is 0 Å². The van der Waals surface area contributed by atoms with Crippen LogP contribution in [0.3, 0.4) is 0 Å². The highest BCUT2D eigenvalue weighted by atomic mass is 15.3. The molecule has 18 heavy (non-hydrogen) atoms. The van der Waals surface area contributed by atoms with Crippen molar-refractivity contribution in [2.24, 2.45) is 5.73 Å². The van der Waals surface area contributed by atoms with Crippen LogP contribution in [0.2, 0.25) is 0 Å². The molecule has 0 unspecified atom stereocenters. The van der Waals surface area contributed by atoms with Gasteiger partial charge in [0.1, 0.15) is 0 Å². The van der Waals surface area contributed by atoms with Crippen LogP contribution in [0.15, 0.2) is 12.1 Å². The molecule has 0 saturated heterocycles. The van der Waals surface area contributed by atoms with E-state index in [1.165, 1.54) is 17.7 Å². The number of aromatic nitrogens is 3. The largest absolute Gasteiger partial charge is 0.326 e. The van der Waals surface area contributed by atoms with Gasteiger partial charge in [0.2, 0.25) is 0 Å². The quantitative estimate of drug-likeness (QED) is 0.874. The van der Waals surface area contributed by atoms with Crippen LogP contribution in [0.4, 0.5) is 0 Å². The standard InChI is InChI=1S/C14H18N4/c1-9-6-10(2)18(17-9)14-12(8-15)7-11-4-3-5-13(11)16-14/h6-7H,3-5,8,15H2,1-2H3. The van der Waals surface area contributed by atoms with Gasteiger partial charge in [0.15, 0.2) is 5.82 Å². The average molecular weight is 242 g/mol. The fourth-order valence-corrected chi connectivity index (χ4v) is 2.69. The molecule has 4 heteroatoms. The Labute approximate surface area is 107 Å². The third-order valence-electron chi connectivity index (χ3n) is 3.54. The summed E-state index contributed by atoms with van der Waals surface area (Å²) in [4.78, 5) is 4.79. The van der Waals surface area contributed by atoms with Gasteiger partial charge in [-0.2, -0.15) is 5.10 Å². The minimum Gasteiger partial charge on any atom is -0.326 e. The molecule has 0 aromatic carbocycles. The second-order valence-corrected chi connectivity index (χ2v) is 4.97. The molecular weight excluding hydrogens is 224 g/mol. The van der Waals surface area contributed by atoms with Crippen LogP contribution in [0.25, 0.3) is 5.82 Å². The van der Waals surface area contributed by atoms with Gasteiger partial charge < -0.3 is 5.73 Å². The number of hydrogen-bond donors (Lipinski definition) is 1. The smallest absolute Gasteiger partial charge is 0.158 e. The van der Waals surface area contributed by atoms with Crippen LogP contribution in [-0.4, -0.2) is 14.8 Å². The second kappa shape index (κ2) is 4.21. The maximum atomic E-state index is 5.86. The van der Waals surface area contributed by atoms with E-state index in [1.807, 2.05) is 11.6 Å². The summed E-state index contributed by atoms with van der Waals surface area (Å²) in [5, 5.41) is 4.51. The average Bonchev–Trinajstić information content (AvgIpc) is 2.93. The van der Waals surface area contributed by atoms with E-state index in [9.17, 15) is 0 Å². The molecule has 2 aromatic rings. The van der Waals surface area contributed by atoms with Gasteiger partial charge in [0.05, 0.1) is 5.69 Å². The van der Waals surface area contributed by atoms with Crippen molar-refractivity contribution < 1.29 is 0 Å². The summed E-state index contributed by atoms with van der Waals surface area (Å²) in [6.45, 7) is 4.56. The number of hydrogen-bond acceptors (Lipinski definition) is 3. The zero-order valence-corrected chi connectivity index (χ0v) is 10.9. The minimum absolute atomic E-state index is 0.508. The van der Waals surface area contributed by atoms with Crippen molar-refractivity contribution in [1.82, 2.24) is 14.8 Å². The van der Waals surface area contributed by atoms with Crippen LogP contribution >= 0.6 is 0 Å². The lowest BCUT2D eigenvalue weighted by Crippen LogP contribution is -2.11. The lowest BCUT2D eigenvalue weighted by atomic mass is 10.1. The van der Waals surface area contributed by atoms with Gasteiger partial charge in [-0.3, -0.25) is 0 Å². The molecule has 1 aliphatic carbocycles. The van der Waals surface area contributed by atoms with Gasteiger partial charge in [-0.25, -0.2) is 9.67 Å². The molecule has 2 N–H and O–H groups in total. The number of fused-ring (bicyclic) bond motifs is 1. The van der Waals surface area contributed by atoms with E-state index in [0.29, 0.717) is 6.54 Å². The highest BCUT2D eigenvalue weighted by Gasteiger charge is 2.18. The van der Waals surface area contributed by atoms with Crippen molar-refractivity contribution in [2.75, 3.05) is 0 Å². The van der Waals surface area contributed by atoms with Gasteiger partial charge in [-0.15, -0.1) is 0 Å². The highest BCUT2D eigenvalue weighted by molar-refractivity contribution is 5.42. The summed E-state index contributed by atoms with van der Waals surface area (Å²) in [6.07, 6.45) is 3.41. The predicted molar refractivity (Wildman–Crippen MR) is 70.7 cm³/mol. The Bertz CT molecular complexity index is 598. The molecule has 1 aliphatic rings. The maximum Gasteiger partial charge on any atom is 0.158 e. The van der Waals surface area contributed by atoms with Crippen molar-refractivity contribution in [3.8, 4) is 5.82 Å². The van der Waals surface area contributed by atoms with E-state index in [4.69, 9.17) is 10.7 Å². The number of aryl methyl sites for hydroxylation is 4. The van der Waals surface area contributed by atoms with Gasteiger partial charge in [-0.05, 0) is 50.8 Å². The fourth-order valence-electron chi connectivity index (χ4n) is 2.69. The molecule has 0 radical (unpaired) electrons. The van der Waals surface area contributed by atoms with Crippen molar-refractivity contribution in [3.05, 3.63) is 40.3 Å². The molecule has 0 aliphatic heterocycles. The SMILES string of the molecule is Cc1cc(C)n(-c2nc3c(cc2CN)CCC3)n1. The second-order valence-electron chi connectivity index (χ2n) is 4.97. The summed E-state index contributed by atoms with van der Waals surface area (Å²) >= 11 is 0. The van der Waals surface area contributed by atoms with E-state index >= 15 is 0 Å². The number of rotatable bonds is 2. The van der Waals surface area contributed by atoms with Crippen molar-refractivity contribution in [3.63, 3.8) is 0 Å². The van der Waals surface area contributed by atoms with Crippen molar-refractivity contribution in [2.45, 2.75) is 39.7 Å². The van der Waals surface area contributed by atoms with E-state index in [0.717, 1.165) is 35.6 Å². The van der Waals surface area contributed by atoms with Crippen LogP contribution < -0.4 is 5.73 Å². The molecule has 0 spiro atoms. The minimum atomic E-state index is 0.508. The predicted octanol–water partition coefficient (Wildman–Crippen LogP) is 1.83. The molecular formula is C14H18N4. The Morgan fingerprint density at radius 1 is 1.28 bits per heavy atom. The highest BCUT2D eigenvalue weighted by Crippen LogP contribution is 2.25. The zero-order valence-electron chi connectivity index (χ0n) is 10.9. The molecule has 94 valence electrons. The van der Waals surface area contributed by atoms with Crippen LogP contribution in [0.1, 0.15) is 34.6 Å². The lowest BCUT2D eigenvalue weighted by molar-refractivity contribution is 0.779. The van der Waals surface area contributed by atoms with Gasteiger partial charge in [0, 0.05) is 23.5 Å². The summed E-state index contributed by atoms with van der Waals surface area (Å²) in [6, 6.07) is 4.27. The summed E-state index contributed by atoms with van der Waals surface area (Å²) in [7, 11) is 0. The molecule has 3 rings (SSSR count). The summed E-state index contributed by atoms with van der Waals surface area (Å²) in [5.74, 6) is 0.906. The summed E-state index contributed by atoms with van der Waals surface area (Å²) in [5.41, 5.74) is 11.6. The first-order valence-corrected chi connectivity index (χ1v) is 6.44. The molecule has 2 heterocycles. The molecule has 0 amide bonds. The zero-order chi connectivity index (χ0) is 12.7. The van der Waals surface area contributed by atoms with Crippen LogP contribution in [0.5, 0.6) is 0 Å². The first-order chi connectivity index (χ1) is 8.69. The van der Waals surface area contributed by atoms with E-state index < -0.39 is 0 Å². The van der Waals surface area contributed by atoms with Crippen molar-refractivity contribution in [1.29, 1.82) is 0 Å². The normalized spacial score (nSPS) is 13.9. The maximum absolute atomic E-state index is 5.86. The van der Waals surface area contributed by atoms with E-state index in [2.05, 4.69) is 24.2 Å². The van der Waals surface area contributed by atoms with Crippen LogP contribution in [0, 0.1) is 13.8 Å². The molecule has 2 aromatic heterocycles. The number of pyridine rings is 1. The Hall–Kier alpha value is -1.68. The third kappa shape index (κ3) is 1.73. The number of nitrogens with zero attached hydrogens (tertiary/aromatic N) is 3. The van der Waals surface area contributed by atoms with Gasteiger partial charge in [0.25, 0.3) is 0 Å². The van der Waals surface area contributed by atoms with Crippen LogP contribution in [-0.2, 0) is 19.4 Å². The Morgan fingerprint density at radius 2 is 2.11 bits per heavy atom. The monoisotopic (exact) mass is 242 g/mol. The van der Waals surface area contributed by atoms with E-state index in [1.54, 1.807) is 0 Å². The Kier molecular flexibility index (Phi) is 2.67. The first kappa shape index (κ1) is 11.4. The lowest BCUT2D eigenvalue weighted by Gasteiger charge is -2.11. The van der Waals surface area contributed by atoms with Gasteiger partial charge in [-0.1, -0.05) is 0 Å². The fraction of sp³-hybridized carbons (Fsp3) is 0.429. The molecule has 0 fully saturated rings. The molecule has 0 saturated carbocycles. The Morgan fingerprint density at radius 3 is 2.78 bits per heavy atom. The Balaban J connectivity index is 2.19. The molecule has 0 atom stereocenters. The van der Waals surface area contributed by atoms with Gasteiger partial charge >= 0.3 is 0 Å².